The Morgan fingerprint density at radius 1 is 1.03 bits per heavy atom. The number of hydrogen-bond acceptors (Lipinski definition) is 7. The van der Waals surface area contributed by atoms with E-state index in [4.69, 9.17) is 4.74 Å². The first-order valence-electron chi connectivity index (χ1n) is 10.1. The minimum atomic E-state index is -0.951. The van der Waals surface area contributed by atoms with E-state index in [0.29, 0.717) is 5.56 Å². The largest absolute Gasteiger partial charge is 0.488 e. The third-order valence-corrected chi connectivity index (χ3v) is 5.04. The Kier molecular flexibility index (Phi) is 7.65. The third-order valence-electron chi connectivity index (χ3n) is 5.04. The molecule has 2 unspecified atom stereocenters. The van der Waals surface area contributed by atoms with Crippen molar-refractivity contribution in [2.24, 2.45) is 0 Å². The number of benzene rings is 3. The molecule has 0 bridgehead atoms. The summed E-state index contributed by atoms with van der Waals surface area (Å²) in [6.07, 6.45) is -0.951. The predicted octanol–water partition coefficient (Wildman–Crippen LogP) is 4.40. The van der Waals surface area contributed by atoms with Gasteiger partial charge in [-0.15, -0.1) is 0 Å². The number of aliphatic hydroxyl groups excluding tert-OH is 1. The molecule has 2 N–H and O–H groups in total. The number of nitrogens with zero attached hydrogens (tertiary/aromatic N) is 2. The molecule has 9 nitrogen and oxygen atoms in total. The van der Waals surface area contributed by atoms with Crippen LogP contribution in [0.15, 0.2) is 66.7 Å². The van der Waals surface area contributed by atoms with Gasteiger partial charge in [0.15, 0.2) is 11.6 Å². The molecule has 0 aliphatic heterocycles. The van der Waals surface area contributed by atoms with Crippen LogP contribution in [-0.2, 0) is 0 Å². The highest BCUT2D eigenvalue weighted by molar-refractivity contribution is 5.73. The van der Waals surface area contributed by atoms with Gasteiger partial charge in [0.1, 0.15) is 12.7 Å². The first-order chi connectivity index (χ1) is 15.8. The van der Waals surface area contributed by atoms with Gasteiger partial charge in [0, 0.05) is 24.7 Å². The van der Waals surface area contributed by atoms with E-state index in [1.54, 1.807) is 30.3 Å². The molecule has 3 aromatic rings. The topological polar surface area (TPSA) is 128 Å². The Labute approximate surface area is 188 Å². The monoisotopic (exact) mass is 455 g/mol. The number of para-hydroxylation sites is 1. The Morgan fingerprint density at radius 2 is 1.73 bits per heavy atom. The molecule has 33 heavy (non-hydrogen) atoms. The molecule has 172 valence electrons. The van der Waals surface area contributed by atoms with Gasteiger partial charge < -0.3 is 15.2 Å². The number of nitrogens with one attached hydrogen (secondary N) is 1. The maximum Gasteiger partial charge on any atom is 0.277 e. The Balaban J connectivity index is 1.54. The molecule has 0 aliphatic carbocycles. The smallest absolute Gasteiger partial charge is 0.277 e. The third kappa shape index (κ3) is 6.09. The zero-order valence-corrected chi connectivity index (χ0v) is 17.7. The molecule has 3 rings (SSSR count). The summed E-state index contributed by atoms with van der Waals surface area (Å²) in [6, 6.07) is 16.7. The zero-order valence-electron chi connectivity index (χ0n) is 17.7. The molecule has 0 spiro atoms. The zero-order chi connectivity index (χ0) is 24.0. The highest BCUT2D eigenvalue weighted by Crippen LogP contribution is 2.30. The van der Waals surface area contributed by atoms with Gasteiger partial charge in [-0.25, -0.2) is 4.39 Å². The highest BCUT2D eigenvalue weighted by Gasteiger charge is 2.16. The van der Waals surface area contributed by atoms with Crippen molar-refractivity contribution in [3.8, 4) is 16.9 Å². The van der Waals surface area contributed by atoms with E-state index in [1.165, 1.54) is 6.07 Å². The summed E-state index contributed by atoms with van der Waals surface area (Å²) in [6.45, 7) is 1.84. The molecule has 3 aromatic carbocycles. The van der Waals surface area contributed by atoms with E-state index in [0.717, 1.165) is 29.3 Å². The van der Waals surface area contributed by atoms with Crippen LogP contribution in [0.5, 0.6) is 5.75 Å². The molecule has 0 aliphatic rings. The van der Waals surface area contributed by atoms with Gasteiger partial charge in [0.2, 0.25) is 0 Å². The van der Waals surface area contributed by atoms with Crippen molar-refractivity contribution in [3.05, 3.63) is 98.3 Å². The quantitative estimate of drug-likeness (QED) is 0.342. The molecule has 2 atom stereocenters. The second kappa shape index (κ2) is 10.6. The van der Waals surface area contributed by atoms with Crippen molar-refractivity contribution in [1.82, 2.24) is 5.32 Å². The fraction of sp³-hybridized carbons (Fsp3) is 0.217. The van der Waals surface area contributed by atoms with Crippen LogP contribution in [0.3, 0.4) is 0 Å². The average molecular weight is 455 g/mol. The summed E-state index contributed by atoms with van der Waals surface area (Å²) >= 11 is 0. The Morgan fingerprint density at radius 3 is 2.36 bits per heavy atom. The number of nitro groups is 2. The van der Waals surface area contributed by atoms with E-state index in [2.05, 4.69) is 5.32 Å². The average Bonchev–Trinajstić information content (AvgIpc) is 2.81. The number of non-ortho nitro benzene ring substituents is 1. The maximum absolute atomic E-state index is 13.9. The van der Waals surface area contributed by atoms with Crippen LogP contribution in [-0.4, -0.2) is 34.2 Å². The van der Waals surface area contributed by atoms with Crippen molar-refractivity contribution >= 4 is 11.4 Å². The van der Waals surface area contributed by atoms with E-state index in [1.807, 2.05) is 19.1 Å². The summed E-state index contributed by atoms with van der Waals surface area (Å²) in [5, 5.41) is 35.2. The van der Waals surface area contributed by atoms with Crippen molar-refractivity contribution in [2.75, 3.05) is 13.2 Å². The number of ether oxygens (including phenoxy) is 1. The molecule has 0 amide bonds. The fourth-order valence-corrected chi connectivity index (χ4v) is 3.22. The van der Waals surface area contributed by atoms with E-state index < -0.39 is 21.8 Å². The minimum absolute atomic E-state index is 0.0315. The van der Waals surface area contributed by atoms with Crippen LogP contribution in [0, 0.1) is 26.0 Å². The van der Waals surface area contributed by atoms with Crippen molar-refractivity contribution in [2.45, 2.75) is 19.1 Å². The lowest BCUT2D eigenvalue weighted by molar-refractivity contribution is -0.385. The van der Waals surface area contributed by atoms with Crippen LogP contribution in [0.2, 0.25) is 0 Å². The second-order valence-corrected chi connectivity index (χ2v) is 7.36. The number of halogens is 1. The lowest BCUT2D eigenvalue weighted by Crippen LogP contribution is -2.33. The molecule has 0 heterocycles. The molecule has 0 saturated heterocycles. The number of hydrogen-bond donors (Lipinski definition) is 2. The van der Waals surface area contributed by atoms with Gasteiger partial charge in [-0.3, -0.25) is 20.2 Å². The lowest BCUT2D eigenvalue weighted by Gasteiger charge is -2.18. The lowest BCUT2D eigenvalue weighted by atomic mass is 10.00. The molecule has 0 radical (unpaired) electrons. The summed E-state index contributed by atoms with van der Waals surface area (Å²) in [5.74, 6) is -1.06. The summed E-state index contributed by atoms with van der Waals surface area (Å²) in [5.41, 5.74) is 1.80. The second-order valence-electron chi connectivity index (χ2n) is 7.36. The van der Waals surface area contributed by atoms with Gasteiger partial charge in [-0.05, 0) is 30.2 Å². The van der Waals surface area contributed by atoms with Crippen LogP contribution >= 0.6 is 0 Å². The molecule has 0 aromatic heterocycles. The summed E-state index contributed by atoms with van der Waals surface area (Å²) in [7, 11) is 0. The summed E-state index contributed by atoms with van der Waals surface area (Å²) in [4.78, 5) is 20.8. The standard InChI is InChI=1S/C23H22FN3O6/c1-15(16-6-8-17(9-7-16)20-4-2-3-5-22(20)27(31)32)25-13-19(28)14-33-23-11-10-18(26(29)30)12-21(23)24/h2-12,15,19,25,28H,13-14H2,1H3. The molecule has 0 saturated carbocycles. The first kappa shape index (κ1) is 23.8. The van der Waals surface area contributed by atoms with Crippen LogP contribution < -0.4 is 10.1 Å². The number of nitro benzene ring substituents is 2. The number of rotatable bonds is 10. The molecular weight excluding hydrogens is 433 g/mol. The van der Waals surface area contributed by atoms with E-state index in [-0.39, 0.29) is 36.3 Å². The first-order valence-corrected chi connectivity index (χ1v) is 10.1. The Bertz CT molecular complexity index is 1140. The van der Waals surface area contributed by atoms with E-state index in [9.17, 15) is 29.7 Å². The fourth-order valence-electron chi connectivity index (χ4n) is 3.22. The van der Waals surface area contributed by atoms with Gasteiger partial charge in [-0.1, -0.05) is 36.4 Å². The molecule has 0 fully saturated rings. The van der Waals surface area contributed by atoms with Crippen molar-refractivity contribution in [1.29, 1.82) is 0 Å². The van der Waals surface area contributed by atoms with Crippen LogP contribution in [0.1, 0.15) is 18.5 Å². The Hall–Kier alpha value is -3.89. The van der Waals surface area contributed by atoms with E-state index >= 15 is 0 Å². The number of aliphatic hydroxyl groups is 1. The van der Waals surface area contributed by atoms with Gasteiger partial charge >= 0.3 is 0 Å². The SMILES string of the molecule is CC(NCC(O)COc1ccc([N+](=O)[O-])cc1F)c1ccc(-c2ccccc2[N+](=O)[O-])cc1. The van der Waals surface area contributed by atoms with Gasteiger partial charge in [0.25, 0.3) is 11.4 Å². The normalized spacial score (nSPS) is 12.7. The molecular formula is C23H22FN3O6. The van der Waals surface area contributed by atoms with Gasteiger partial charge in [0.05, 0.1) is 21.5 Å². The summed E-state index contributed by atoms with van der Waals surface area (Å²) < 4.78 is 19.1. The van der Waals surface area contributed by atoms with Crippen LogP contribution in [0.4, 0.5) is 15.8 Å². The predicted molar refractivity (Wildman–Crippen MR) is 120 cm³/mol. The van der Waals surface area contributed by atoms with Crippen molar-refractivity contribution < 1.29 is 24.1 Å². The highest BCUT2D eigenvalue weighted by atomic mass is 19.1. The van der Waals surface area contributed by atoms with Gasteiger partial charge in [-0.2, -0.15) is 0 Å². The van der Waals surface area contributed by atoms with Crippen molar-refractivity contribution in [3.63, 3.8) is 0 Å². The minimum Gasteiger partial charge on any atom is -0.488 e. The van der Waals surface area contributed by atoms with Crippen LogP contribution in [0.25, 0.3) is 11.1 Å². The molecule has 10 heteroatoms. The maximum atomic E-state index is 13.9.